The molecule has 3 aromatic rings. The first-order valence-electron chi connectivity index (χ1n) is 10.1. The Morgan fingerprint density at radius 3 is 2.52 bits per heavy atom. The monoisotopic (exact) mass is 442 g/mol. The van der Waals surface area contributed by atoms with Crippen LogP contribution in [0.1, 0.15) is 28.8 Å². The molecule has 0 bridgehead atoms. The van der Waals surface area contributed by atoms with Crippen molar-refractivity contribution in [2.45, 2.75) is 25.9 Å². The lowest BCUT2D eigenvalue weighted by Gasteiger charge is -2.24. The van der Waals surface area contributed by atoms with Gasteiger partial charge in [-0.1, -0.05) is 23.5 Å². The van der Waals surface area contributed by atoms with Gasteiger partial charge in [0.15, 0.2) is 16.6 Å². The maximum Gasteiger partial charge on any atom is 0.260 e. The highest BCUT2D eigenvalue weighted by molar-refractivity contribution is 7.22. The standard InChI is InChI=1S/C23H26N2O5S/c1-14-7-5-9-19-20(14)24-23(31-19)25(13-16-8-6-10-30-16)22(26)15-11-17(27-2)21(29-4)18(12-15)28-3/h5,7,9,11-12,16H,6,8,10,13H2,1-4H3. The molecule has 1 aromatic heterocycles. The number of hydrogen-bond donors (Lipinski definition) is 0. The molecule has 8 heteroatoms. The van der Waals surface area contributed by atoms with Gasteiger partial charge in [-0.2, -0.15) is 0 Å². The van der Waals surface area contributed by atoms with E-state index in [-0.39, 0.29) is 12.0 Å². The van der Waals surface area contributed by atoms with Crippen LogP contribution in [0.15, 0.2) is 30.3 Å². The summed E-state index contributed by atoms with van der Waals surface area (Å²) in [6.07, 6.45) is 1.90. The minimum Gasteiger partial charge on any atom is -0.493 e. The highest BCUT2D eigenvalue weighted by atomic mass is 32.1. The predicted molar refractivity (Wildman–Crippen MR) is 121 cm³/mol. The van der Waals surface area contributed by atoms with E-state index in [9.17, 15) is 4.79 Å². The minimum absolute atomic E-state index is 0.0147. The Labute approximate surface area is 185 Å². The second-order valence-corrected chi connectivity index (χ2v) is 8.39. The Bertz CT molecular complexity index is 1070. The minimum atomic E-state index is -0.188. The average molecular weight is 443 g/mol. The summed E-state index contributed by atoms with van der Waals surface area (Å²) in [5, 5.41) is 0.651. The van der Waals surface area contributed by atoms with Gasteiger partial charge in [0, 0.05) is 12.2 Å². The molecule has 1 saturated heterocycles. The summed E-state index contributed by atoms with van der Waals surface area (Å²) in [7, 11) is 4.60. The Balaban J connectivity index is 1.77. The van der Waals surface area contributed by atoms with Crippen LogP contribution in [0.5, 0.6) is 17.2 Å². The summed E-state index contributed by atoms with van der Waals surface area (Å²) < 4.78 is 23.1. The van der Waals surface area contributed by atoms with Gasteiger partial charge in [0.25, 0.3) is 5.91 Å². The first kappa shape index (κ1) is 21.4. The Kier molecular flexibility index (Phi) is 6.29. The fraction of sp³-hybridized carbons (Fsp3) is 0.391. The zero-order valence-electron chi connectivity index (χ0n) is 18.1. The summed E-state index contributed by atoms with van der Waals surface area (Å²) in [5.41, 5.74) is 2.43. The van der Waals surface area contributed by atoms with E-state index in [1.165, 1.54) is 32.7 Å². The van der Waals surface area contributed by atoms with Crippen molar-refractivity contribution in [2.24, 2.45) is 0 Å². The molecule has 1 fully saturated rings. The number of aromatic nitrogens is 1. The molecule has 4 rings (SSSR count). The molecule has 164 valence electrons. The van der Waals surface area contributed by atoms with E-state index in [1.807, 2.05) is 25.1 Å². The van der Waals surface area contributed by atoms with Crippen molar-refractivity contribution in [2.75, 3.05) is 39.4 Å². The Morgan fingerprint density at radius 2 is 1.94 bits per heavy atom. The highest BCUT2D eigenvalue weighted by Gasteiger charge is 2.29. The summed E-state index contributed by atoms with van der Waals surface area (Å²) in [6, 6.07) is 9.40. The topological polar surface area (TPSA) is 70.1 Å². The number of fused-ring (bicyclic) bond motifs is 1. The summed E-state index contributed by atoms with van der Waals surface area (Å²) in [4.78, 5) is 20.2. The summed E-state index contributed by atoms with van der Waals surface area (Å²) in [6.45, 7) is 3.18. The second kappa shape index (κ2) is 9.11. The smallest absolute Gasteiger partial charge is 0.260 e. The maximum absolute atomic E-state index is 13.7. The zero-order chi connectivity index (χ0) is 22.0. The number of thiazole rings is 1. The molecule has 2 heterocycles. The maximum atomic E-state index is 13.7. The van der Waals surface area contributed by atoms with Gasteiger partial charge >= 0.3 is 0 Å². The fourth-order valence-corrected chi connectivity index (χ4v) is 4.84. The molecule has 0 saturated carbocycles. The molecule has 0 aliphatic carbocycles. The van der Waals surface area contributed by atoms with Crippen molar-refractivity contribution >= 4 is 32.6 Å². The molecule has 0 spiro atoms. The van der Waals surface area contributed by atoms with E-state index in [4.69, 9.17) is 23.9 Å². The number of methoxy groups -OCH3 is 3. The molecule has 7 nitrogen and oxygen atoms in total. The van der Waals surface area contributed by atoms with Gasteiger partial charge in [0.05, 0.1) is 44.2 Å². The molecular weight excluding hydrogens is 416 g/mol. The highest BCUT2D eigenvalue weighted by Crippen LogP contribution is 2.39. The predicted octanol–water partition coefficient (Wildman–Crippen LogP) is 4.46. The van der Waals surface area contributed by atoms with Crippen LogP contribution in [-0.2, 0) is 4.74 Å². The Hall–Kier alpha value is -2.84. The van der Waals surface area contributed by atoms with Crippen molar-refractivity contribution in [3.63, 3.8) is 0 Å². The molecular formula is C23H26N2O5S. The molecule has 1 unspecified atom stereocenters. The third-order valence-corrected chi connectivity index (χ3v) is 6.45. The van der Waals surface area contributed by atoms with Crippen molar-refractivity contribution < 1.29 is 23.7 Å². The Morgan fingerprint density at radius 1 is 1.19 bits per heavy atom. The van der Waals surface area contributed by atoms with Crippen LogP contribution in [0.2, 0.25) is 0 Å². The van der Waals surface area contributed by atoms with E-state index < -0.39 is 0 Å². The molecule has 31 heavy (non-hydrogen) atoms. The normalized spacial score (nSPS) is 15.8. The molecule has 0 N–H and O–H groups in total. The van der Waals surface area contributed by atoms with Crippen molar-refractivity contribution in [1.29, 1.82) is 0 Å². The number of hydrogen-bond acceptors (Lipinski definition) is 7. The first-order valence-corrected chi connectivity index (χ1v) is 11.0. The number of nitrogens with zero attached hydrogens (tertiary/aromatic N) is 2. The van der Waals surface area contributed by atoms with Gasteiger partial charge in [-0.15, -0.1) is 0 Å². The van der Waals surface area contributed by atoms with Gasteiger partial charge in [-0.25, -0.2) is 4.98 Å². The fourth-order valence-electron chi connectivity index (χ4n) is 3.79. The zero-order valence-corrected chi connectivity index (χ0v) is 19.0. The summed E-state index contributed by atoms with van der Waals surface area (Å²) >= 11 is 1.50. The van der Waals surface area contributed by atoms with E-state index in [0.29, 0.717) is 34.5 Å². The van der Waals surface area contributed by atoms with Crippen LogP contribution in [0.3, 0.4) is 0 Å². The van der Waals surface area contributed by atoms with Gasteiger partial charge in [0.2, 0.25) is 5.75 Å². The average Bonchev–Trinajstić information content (AvgIpc) is 3.46. The van der Waals surface area contributed by atoms with Crippen LogP contribution in [0.25, 0.3) is 10.2 Å². The number of rotatable bonds is 7. The largest absolute Gasteiger partial charge is 0.493 e. The SMILES string of the molecule is COc1cc(C(=O)N(CC2CCCO2)c2nc3c(C)cccc3s2)cc(OC)c1OC. The van der Waals surface area contributed by atoms with E-state index >= 15 is 0 Å². The number of para-hydroxylation sites is 1. The molecule has 2 aromatic carbocycles. The van der Waals surface area contributed by atoms with E-state index in [0.717, 1.165) is 35.2 Å². The van der Waals surface area contributed by atoms with Crippen LogP contribution < -0.4 is 19.1 Å². The molecule has 1 aliphatic rings. The second-order valence-electron chi connectivity index (χ2n) is 7.38. The van der Waals surface area contributed by atoms with Crippen LogP contribution >= 0.6 is 11.3 Å². The molecule has 0 radical (unpaired) electrons. The third kappa shape index (κ3) is 4.18. The number of ether oxygens (including phenoxy) is 4. The molecule has 1 amide bonds. The van der Waals surface area contributed by atoms with Crippen LogP contribution in [-0.4, -0.2) is 51.5 Å². The number of aryl methyl sites for hydroxylation is 1. The van der Waals surface area contributed by atoms with Gasteiger partial charge < -0.3 is 18.9 Å². The van der Waals surface area contributed by atoms with Gasteiger partial charge in [-0.3, -0.25) is 9.69 Å². The molecule has 1 atom stereocenters. The van der Waals surface area contributed by atoms with E-state index in [2.05, 4.69) is 0 Å². The quantitative estimate of drug-likeness (QED) is 0.538. The number of benzene rings is 2. The van der Waals surface area contributed by atoms with Gasteiger partial charge in [-0.05, 0) is 43.5 Å². The van der Waals surface area contributed by atoms with E-state index in [1.54, 1.807) is 17.0 Å². The number of anilines is 1. The van der Waals surface area contributed by atoms with Crippen molar-refractivity contribution in [1.82, 2.24) is 4.98 Å². The lowest BCUT2D eigenvalue weighted by molar-refractivity contribution is 0.0917. The first-order chi connectivity index (χ1) is 15.0. The number of carbonyl (C=O) groups excluding carboxylic acids is 1. The van der Waals surface area contributed by atoms with Crippen LogP contribution in [0.4, 0.5) is 5.13 Å². The number of amides is 1. The third-order valence-electron chi connectivity index (χ3n) is 5.41. The lowest BCUT2D eigenvalue weighted by Crippen LogP contribution is -2.37. The van der Waals surface area contributed by atoms with Crippen molar-refractivity contribution in [3.8, 4) is 17.2 Å². The summed E-state index contributed by atoms with van der Waals surface area (Å²) in [5.74, 6) is 1.12. The lowest BCUT2D eigenvalue weighted by atomic mass is 10.1. The van der Waals surface area contributed by atoms with Crippen molar-refractivity contribution in [3.05, 3.63) is 41.5 Å². The van der Waals surface area contributed by atoms with Gasteiger partial charge in [0.1, 0.15) is 0 Å². The molecule has 1 aliphatic heterocycles. The van der Waals surface area contributed by atoms with Crippen LogP contribution in [0, 0.1) is 6.92 Å². The number of carbonyl (C=O) groups is 1.